The number of nitrogens with zero attached hydrogens (tertiary/aromatic N) is 1. The molecule has 0 radical (unpaired) electrons. The number of hydrogen-bond acceptors (Lipinski definition) is 2. The van der Waals surface area contributed by atoms with E-state index in [1.165, 1.54) is 30.5 Å². The van der Waals surface area contributed by atoms with Crippen molar-refractivity contribution in [1.82, 2.24) is 4.57 Å². The molecule has 7 heteroatoms. The number of benzene rings is 2. The fraction of sp³-hybridized carbons (Fsp3) is 0.250. The van der Waals surface area contributed by atoms with Gasteiger partial charge in [-0.3, -0.25) is 4.79 Å². The van der Waals surface area contributed by atoms with Crippen LogP contribution >= 0.6 is 0 Å². The summed E-state index contributed by atoms with van der Waals surface area (Å²) < 4.78 is 59.4. The normalized spacial score (nSPS) is 11.7. The number of ether oxygens (including phenoxy) is 1. The highest BCUT2D eigenvalue weighted by Crippen LogP contribution is 2.30. The fourth-order valence-corrected chi connectivity index (χ4v) is 3.05. The van der Waals surface area contributed by atoms with E-state index in [1.54, 1.807) is 22.8 Å². The van der Waals surface area contributed by atoms with Gasteiger partial charge in [0.1, 0.15) is 6.61 Å². The number of aryl methyl sites for hydroxylation is 1. The Morgan fingerprint density at radius 2 is 1.85 bits per heavy atom. The van der Waals surface area contributed by atoms with Crippen molar-refractivity contribution in [2.45, 2.75) is 26.1 Å². The van der Waals surface area contributed by atoms with Crippen LogP contribution in [-0.2, 0) is 13.0 Å². The Kier molecular flexibility index (Phi) is 5.21. The quantitative estimate of drug-likeness (QED) is 0.437. The van der Waals surface area contributed by atoms with E-state index in [4.69, 9.17) is 4.74 Å². The number of hydrogen-bond donors (Lipinski definition) is 0. The van der Waals surface area contributed by atoms with E-state index in [0.717, 1.165) is 5.56 Å². The minimum Gasteiger partial charge on any atom is -0.489 e. The smallest absolute Gasteiger partial charge is 0.454 e. The highest BCUT2D eigenvalue weighted by atomic mass is 19.4. The van der Waals surface area contributed by atoms with Crippen molar-refractivity contribution in [2.24, 2.45) is 0 Å². The Balaban J connectivity index is 1.94. The van der Waals surface area contributed by atoms with E-state index in [0.29, 0.717) is 11.9 Å². The van der Waals surface area contributed by atoms with Gasteiger partial charge in [-0.15, -0.1) is 0 Å². The van der Waals surface area contributed by atoms with E-state index in [-0.39, 0.29) is 24.3 Å². The van der Waals surface area contributed by atoms with E-state index in [1.807, 2.05) is 6.92 Å². The molecule has 0 saturated heterocycles. The monoisotopic (exact) mass is 379 g/mol. The SMILES string of the molecule is CCc1cccc2c(C(=O)C(F)(F)F)cn(CCOc3ccccc3F)c12. The highest BCUT2D eigenvalue weighted by molar-refractivity contribution is 6.11. The molecule has 0 aliphatic heterocycles. The molecule has 0 unspecified atom stereocenters. The third kappa shape index (κ3) is 3.82. The Morgan fingerprint density at radius 1 is 1.11 bits per heavy atom. The number of fused-ring (bicyclic) bond motifs is 1. The largest absolute Gasteiger partial charge is 0.489 e. The van der Waals surface area contributed by atoms with Crippen LogP contribution in [0, 0.1) is 5.82 Å². The summed E-state index contributed by atoms with van der Waals surface area (Å²) >= 11 is 0. The lowest BCUT2D eigenvalue weighted by molar-refractivity contribution is -0.0884. The first-order valence-corrected chi connectivity index (χ1v) is 8.42. The number of alkyl halides is 3. The molecule has 0 aliphatic carbocycles. The van der Waals surface area contributed by atoms with Crippen molar-refractivity contribution in [2.75, 3.05) is 6.61 Å². The van der Waals surface area contributed by atoms with Crippen LogP contribution in [0.15, 0.2) is 48.7 Å². The second kappa shape index (κ2) is 7.42. The first kappa shape index (κ1) is 18.9. The van der Waals surface area contributed by atoms with Gasteiger partial charge >= 0.3 is 6.18 Å². The topological polar surface area (TPSA) is 31.2 Å². The number of aromatic nitrogens is 1. The highest BCUT2D eigenvalue weighted by Gasteiger charge is 2.41. The van der Waals surface area contributed by atoms with Gasteiger partial charge in [0, 0.05) is 11.6 Å². The van der Waals surface area contributed by atoms with Crippen LogP contribution in [0.5, 0.6) is 5.75 Å². The van der Waals surface area contributed by atoms with Gasteiger partial charge in [-0.25, -0.2) is 4.39 Å². The first-order chi connectivity index (χ1) is 12.8. The molecule has 0 atom stereocenters. The number of Topliss-reactive ketones (excluding diaryl/α,β-unsaturated/α-hetero) is 1. The lowest BCUT2D eigenvalue weighted by atomic mass is 10.0. The Morgan fingerprint density at radius 3 is 2.52 bits per heavy atom. The standard InChI is InChI=1S/C20H17F4NO2/c1-2-13-6-5-7-14-15(19(26)20(22,23)24)12-25(18(13)14)10-11-27-17-9-4-3-8-16(17)21/h3-9,12H,2,10-11H2,1H3. The molecule has 3 aromatic rings. The molecule has 0 fully saturated rings. The van der Waals surface area contributed by atoms with Gasteiger partial charge in [0.15, 0.2) is 11.6 Å². The summed E-state index contributed by atoms with van der Waals surface area (Å²) in [5, 5.41) is 0.252. The zero-order chi connectivity index (χ0) is 19.6. The molecule has 1 heterocycles. The molecular weight excluding hydrogens is 362 g/mol. The summed E-state index contributed by atoms with van der Waals surface area (Å²) in [4.78, 5) is 11.8. The molecule has 2 aromatic carbocycles. The summed E-state index contributed by atoms with van der Waals surface area (Å²) in [6.45, 7) is 2.10. The average Bonchev–Trinajstić information content (AvgIpc) is 3.00. The third-order valence-corrected chi connectivity index (χ3v) is 4.29. The molecule has 3 nitrogen and oxygen atoms in total. The molecular formula is C20H17F4NO2. The molecule has 3 rings (SSSR count). The Labute approximate surface area is 153 Å². The fourth-order valence-electron chi connectivity index (χ4n) is 3.05. The van der Waals surface area contributed by atoms with Crippen LogP contribution in [0.25, 0.3) is 10.9 Å². The number of ketones is 1. The molecule has 142 valence electrons. The molecule has 0 spiro atoms. The van der Waals surface area contributed by atoms with Crippen LogP contribution in [0.2, 0.25) is 0 Å². The number of carbonyl (C=O) groups excluding carboxylic acids is 1. The molecule has 0 aliphatic rings. The van der Waals surface area contributed by atoms with Gasteiger partial charge in [0.2, 0.25) is 0 Å². The van der Waals surface area contributed by atoms with Crippen molar-refractivity contribution < 1.29 is 27.1 Å². The predicted molar refractivity (Wildman–Crippen MR) is 93.6 cm³/mol. The second-order valence-electron chi connectivity index (χ2n) is 6.01. The van der Waals surface area contributed by atoms with E-state index >= 15 is 0 Å². The summed E-state index contributed by atoms with van der Waals surface area (Å²) in [7, 11) is 0. The maximum absolute atomic E-state index is 13.6. The molecule has 1 aromatic heterocycles. The summed E-state index contributed by atoms with van der Waals surface area (Å²) in [6.07, 6.45) is -3.16. The molecule has 0 amide bonds. The van der Waals surface area contributed by atoms with Gasteiger partial charge < -0.3 is 9.30 Å². The lowest BCUT2D eigenvalue weighted by Gasteiger charge is -2.10. The van der Waals surface area contributed by atoms with Crippen molar-refractivity contribution >= 4 is 16.7 Å². The second-order valence-corrected chi connectivity index (χ2v) is 6.01. The molecule has 0 saturated carbocycles. The van der Waals surface area contributed by atoms with Gasteiger partial charge in [0.25, 0.3) is 5.78 Å². The average molecular weight is 379 g/mol. The third-order valence-electron chi connectivity index (χ3n) is 4.29. The number of carbonyl (C=O) groups is 1. The Hall–Kier alpha value is -2.83. The maximum atomic E-state index is 13.6. The zero-order valence-corrected chi connectivity index (χ0v) is 14.5. The minimum absolute atomic E-state index is 0.0441. The van der Waals surface area contributed by atoms with Crippen LogP contribution in [0.1, 0.15) is 22.8 Å². The van der Waals surface area contributed by atoms with Crippen LogP contribution < -0.4 is 4.74 Å². The van der Waals surface area contributed by atoms with E-state index < -0.39 is 23.3 Å². The van der Waals surface area contributed by atoms with E-state index in [9.17, 15) is 22.4 Å². The minimum atomic E-state index is -4.95. The van der Waals surface area contributed by atoms with Gasteiger partial charge in [-0.2, -0.15) is 13.2 Å². The van der Waals surface area contributed by atoms with Crippen molar-refractivity contribution in [3.8, 4) is 5.75 Å². The molecule has 0 bridgehead atoms. The van der Waals surface area contributed by atoms with Crippen LogP contribution in [-0.4, -0.2) is 23.1 Å². The lowest BCUT2D eigenvalue weighted by Crippen LogP contribution is -2.22. The summed E-state index contributed by atoms with van der Waals surface area (Å²) in [5.41, 5.74) is 0.989. The van der Waals surface area contributed by atoms with Gasteiger partial charge in [-0.05, 0) is 24.1 Å². The number of halogens is 4. The van der Waals surface area contributed by atoms with Gasteiger partial charge in [0.05, 0.1) is 17.6 Å². The predicted octanol–water partition coefficient (Wildman–Crippen LogP) is 5.17. The summed E-state index contributed by atoms with van der Waals surface area (Å²) in [5.74, 6) is -2.33. The number of rotatable bonds is 6. The summed E-state index contributed by atoms with van der Waals surface area (Å²) in [6, 6.07) is 10.8. The number of para-hydroxylation sites is 2. The molecule has 0 N–H and O–H groups in total. The maximum Gasteiger partial charge on any atom is 0.454 e. The van der Waals surface area contributed by atoms with Crippen LogP contribution in [0.3, 0.4) is 0 Å². The zero-order valence-electron chi connectivity index (χ0n) is 14.5. The molecule has 27 heavy (non-hydrogen) atoms. The van der Waals surface area contributed by atoms with Crippen molar-refractivity contribution in [3.05, 3.63) is 65.6 Å². The Bertz CT molecular complexity index is 976. The van der Waals surface area contributed by atoms with Crippen molar-refractivity contribution in [3.63, 3.8) is 0 Å². The van der Waals surface area contributed by atoms with E-state index in [2.05, 4.69) is 0 Å². The first-order valence-electron chi connectivity index (χ1n) is 8.42. The van der Waals surface area contributed by atoms with Crippen molar-refractivity contribution in [1.29, 1.82) is 0 Å². The van der Waals surface area contributed by atoms with Crippen LogP contribution in [0.4, 0.5) is 17.6 Å². The van der Waals surface area contributed by atoms with Gasteiger partial charge in [-0.1, -0.05) is 37.3 Å².